The molecule has 3 rings (SSSR count). The Morgan fingerprint density at radius 2 is 1.94 bits per heavy atom. The first-order chi connectivity index (χ1) is 14.8. The molecule has 31 heavy (non-hydrogen) atoms. The second-order valence-corrected chi connectivity index (χ2v) is 10.5. The van der Waals surface area contributed by atoms with Crippen molar-refractivity contribution in [3.05, 3.63) is 46.7 Å². The highest BCUT2D eigenvalue weighted by molar-refractivity contribution is 7.99. The fourth-order valence-electron chi connectivity index (χ4n) is 2.85. The lowest BCUT2D eigenvalue weighted by atomic mass is 10.2. The van der Waals surface area contributed by atoms with Crippen LogP contribution in [0.2, 0.25) is 0 Å². The van der Waals surface area contributed by atoms with Crippen LogP contribution in [0.5, 0.6) is 0 Å². The molecule has 11 heteroatoms. The van der Waals surface area contributed by atoms with Crippen LogP contribution in [0, 0.1) is 0 Å². The predicted octanol–water partition coefficient (Wildman–Crippen LogP) is 3.58. The van der Waals surface area contributed by atoms with Gasteiger partial charge in [-0.1, -0.05) is 37.7 Å². The van der Waals surface area contributed by atoms with Crippen molar-refractivity contribution in [2.45, 2.75) is 30.5 Å². The van der Waals surface area contributed by atoms with Crippen molar-refractivity contribution in [3.8, 4) is 11.5 Å². The Labute approximate surface area is 190 Å². The number of rotatable bonds is 10. The standard InChI is InChI=1S/C20H24N4O4S3/c1-4-24(5-2)31(26,27)17-10-6-8-15(12-17)19-21-22-20(28-19)30-14-18(25)23(3)13-16-9-7-11-29-16/h6-12H,4-5,13-14H2,1-3H3. The van der Waals surface area contributed by atoms with Gasteiger partial charge in [0.05, 0.1) is 17.2 Å². The lowest BCUT2D eigenvalue weighted by molar-refractivity contribution is -0.127. The summed E-state index contributed by atoms with van der Waals surface area (Å²) in [6.45, 7) is 4.93. The van der Waals surface area contributed by atoms with Crippen LogP contribution in [0.25, 0.3) is 11.5 Å². The number of benzene rings is 1. The van der Waals surface area contributed by atoms with Crippen LogP contribution in [0.15, 0.2) is 56.3 Å². The second-order valence-electron chi connectivity index (χ2n) is 6.61. The largest absolute Gasteiger partial charge is 0.411 e. The maximum absolute atomic E-state index is 12.8. The number of aromatic nitrogens is 2. The Hall–Kier alpha value is -2.21. The Balaban J connectivity index is 1.66. The van der Waals surface area contributed by atoms with Crippen LogP contribution in [0.4, 0.5) is 0 Å². The van der Waals surface area contributed by atoms with Gasteiger partial charge in [0, 0.05) is 30.6 Å². The molecule has 0 saturated carbocycles. The number of nitrogens with zero attached hydrogens (tertiary/aromatic N) is 4. The van der Waals surface area contributed by atoms with Crippen LogP contribution in [-0.4, -0.2) is 59.6 Å². The normalized spacial score (nSPS) is 11.7. The molecule has 0 fully saturated rings. The van der Waals surface area contributed by atoms with E-state index in [1.165, 1.54) is 10.4 Å². The zero-order valence-corrected chi connectivity index (χ0v) is 20.0. The van der Waals surface area contributed by atoms with Crippen molar-refractivity contribution < 1.29 is 17.6 Å². The Morgan fingerprint density at radius 3 is 2.61 bits per heavy atom. The van der Waals surface area contributed by atoms with Crippen LogP contribution in [-0.2, 0) is 21.4 Å². The molecular formula is C20H24N4O4S3. The van der Waals surface area contributed by atoms with Gasteiger partial charge in [-0.05, 0) is 29.6 Å². The van der Waals surface area contributed by atoms with Gasteiger partial charge in [-0.15, -0.1) is 21.5 Å². The lowest BCUT2D eigenvalue weighted by Gasteiger charge is -2.18. The number of thiophene rings is 1. The molecule has 0 saturated heterocycles. The molecule has 8 nitrogen and oxygen atoms in total. The molecular weight excluding hydrogens is 456 g/mol. The third-order valence-corrected chi connectivity index (χ3v) is 8.26. The summed E-state index contributed by atoms with van der Waals surface area (Å²) >= 11 is 2.76. The van der Waals surface area contributed by atoms with Crippen LogP contribution < -0.4 is 0 Å². The minimum atomic E-state index is -3.59. The number of hydrogen-bond donors (Lipinski definition) is 0. The van der Waals surface area contributed by atoms with E-state index in [0.717, 1.165) is 16.6 Å². The molecule has 2 heterocycles. The average Bonchev–Trinajstić information content (AvgIpc) is 3.45. The van der Waals surface area contributed by atoms with Crippen LogP contribution >= 0.6 is 23.1 Å². The first-order valence-electron chi connectivity index (χ1n) is 9.68. The van der Waals surface area contributed by atoms with E-state index in [1.807, 2.05) is 17.5 Å². The molecule has 0 N–H and O–H groups in total. The van der Waals surface area contributed by atoms with Crippen molar-refractivity contribution in [1.29, 1.82) is 0 Å². The van der Waals surface area contributed by atoms with Gasteiger partial charge in [0.2, 0.25) is 21.8 Å². The maximum atomic E-state index is 12.8. The number of amides is 1. The van der Waals surface area contributed by atoms with E-state index < -0.39 is 10.0 Å². The van der Waals surface area contributed by atoms with Crippen molar-refractivity contribution >= 4 is 39.0 Å². The molecule has 0 bridgehead atoms. The zero-order valence-electron chi connectivity index (χ0n) is 17.5. The molecule has 1 aromatic carbocycles. The molecule has 166 valence electrons. The summed E-state index contributed by atoms with van der Waals surface area (Å²) in [7, 11) is -1.83. The zero-order chi connectivity index (χ0) is 22.4. The summed E-state index contributed by atoms with van der Waals surface area (Å²) in [6, 6.07) is 10.4. The molecule has 0 aliphatic heterocycles. The first-order valence-corrected chi connectivity index (χ1v) is 13.0. The minimum Gasteiger partial charge on any atom is -0.411 e. The molecule has 0 atom stereocenters. The number of thioether (sulfide) groups is 1. The van der Waals surface area contributed by atoms with Gasteiger partial charge >= 0.3 is 0 Å². The predicted molar refractivity (Wildman–Crippen MR) is 121 cm³/mol. The quantitative estimate of drug-likeness (QED) is 0.409. The fraction of sp³-hybridized carbons (Fsp3) is 0.350. The first kappa shape index (κ1) is 23.5. The average molecular weight is 481 g/mol. The fourth-order valence-corrected chi connectivity index (χ4v) is 5.81. The summed E-state index contributed by atoms with van der Waals surface area (Å²) < 4.78 is 32.5. The summed E-state index contributed by atoms with van der Waals surface area (Å²) in [5.74, 6) is 0.323. The third kappa shape index (κ3) is 5.73. The highest BCUT2D eigenvalue weighted by atomic mass is 32.2. The van der Waals surface area contributed by atoms with Gasteiger partial charge in [-0.2, -0.15) is 4.31 Å². The SMILES string of the molecule is CCN(CC)S(=O)(=O)c1cccc(-c2nnc(SCC(=O)N(C)Cc3cccs3)o2)c1. The molecule has 1 amide bonds. The number of carbonyl (C=O) groups is 1. The molecule has 0 unspecified atom stereocenters. The number of sulfonamides is 1. The Bertz CT molecular complexity index is 1110. The van der Waals surface area contributed by atoms with E-state index in [0.29, 0.717) is 25.2 Å². The van der Waals surface area contributed by atoms with Gasteiger partial charge in [0.15, 0.2) is 0 Å². The van der Waals surface area contributed by atoms with E-state index in [4.69, 9.17) is 4.42 Å². The second kappa shape index (κ2) is 10.4. The van der Waals surface area contributed by atoms with Crippen molar-refractivity contribution in [3.63, 3.8) is 0 Å². The van der Waals surface area contributed by atoms with Gasteiger partial charge in [0.25, 0.3) is 5.22 Å². The van der Waals surface area contributed by atoms with Crippen LogP contribution in [0.1, 0.15) is 18.7 Å². The van der Waals surface area contributed by atoms with Crippen molar-refractivity contribution in [2.75, 3.05) is 25.9 Å². The number of carbonyl (C=O) groups excluding carboxylic acids is 1. The maximum Gasteiger partial charge on any atom is 0.277 e. The topological polar surface area (TPSA) is 96.6 Å². The summed E-state index contributed by atoms with van der Waals surface area (Å²) in [4.78, 5) is 15.3. The minimum absolute atomic E-state index is 0.0505. The van der Waals surface area contributed by atoms with Crippen molar-refractivity contribution in [1.82, 2.24) is 19.4 Å². The Morgan fingerprint density at radius 1 is 1.16 bits per heavy atom. The van der Waals surface area contributed by atoms with E-state index in [2.05, 4.69) is 10.2 Å². The van der Waals surface area contributed by atoms with Crippen LogP contribution in [0.3, 0.4) is 0 Å². The highest BCUT2D eigenvalue weighted by Gasteiger charge is 2.23. The summed E-state index contributed by atoms with van der Waals surface area (Å²) in [6.07, 6.45) is 0. The smallest absolute Gasteiger partial charge is 0.277 e. The Kier molecular flexibility index (Phi) is 7.87. The number of hydrogen-bond acceptors (Lipinski definition) is 8. The van der Waals surface area contributed by atoms with E-state index in [-0.39, 0.29) is 27.7 Å². The lowest BCUT2D eigenvalue weighted by Crippen LogP contribution is -2.30. The molecule has 3 aromatic rings. The van der Waals surface area contributed by atoms with Gasteiger partial charge in [-0.25, -0.2) is 8.42 Å². The molecule has 0 aliphatic carbocycles. The summed E-state index contributed by atoms with van der Waals surface area (Å²) in [5, 5.41) is 10.2. The van der Waals surface area contributed by atoms with E-state index in [9.17, 15) is 13.2 Å². The summed E-state index contributed by atoms with van der Waals surface area (Å²) in [5.41, 5.74) is 0.508. The molecule has 0 spiro atoms. The third-order valence-electron chi connectivity index (χ3n) is 4.55. The van der Waals surface area contributed by atoms with E-state index >= 15 is 0 Å². The van der Waals surface area contributed by atoms with Gasteiger partial charge in [-0.3, -0.25) is 4.79 Å². The molecule has 0 aliphatic rings. The van der Waals surface area contributed by atoms with Crippen molar-refractivity contribution in [2.24, 2.45) is 0 Å². The van der Waals surface area contributed by atoms with Gasteiger partial charge in [0.1, 0.15) is 0 Å². The van der Waals surface area contributed by atoms with Gasteiger partial charge < -0.3 is 9.32 Å². The molecule has 2 aromatic heterocycles. The van der Waals surface area contributed by atoms with E-state index in [1.54, 1.807) is 55.3 Å². The molecule has 0 radical (unpaired) electrons. The highest BCUT2D eigenvalue weighted by Crippen LogP contribution is 2.26. The monoisotopic (exact) mass is 480 g/mol.